The number of pyridine rings is 1. The van der Waals surface area contributed by atoms with Gasteiger partial charge in [-0.05, 0) is 26.0 Å². The number of hydrogen-bond donors (Lipinski definition) is 1. The molecule has 112 valence electrons. The summed E-state index contributed by atoms with van der Waals surface area (Å²) in [4.78, 5) is 22.0. The Morgan fingerprint density at radius 1 is 1.33 bits per heavy atom. The predicted molar refractivity (Wildman–Crippen MR) is 82.4 cm³/mol. The van der Waals surface area contributed by atoms with Crippen LogP contribution in [0.1, 0.15) is 21.9 Å². The third kappa shape index (κ3) is 3.59. The minimum Gasteiger partial charge on any atom is -0.368 e. The lowest BCUT2D eigenvalue weighted by Crippen LogP contribution is -2.23. The summed E-state index contributed by atoms with van der Waals surface area (Å²) in [6.45, 7) is 5.58. The molecule has 0 bridgehead atoms. The number of aromatic nitrogens is 3. The molecule has 2 aromatic rings. The maximum Gasteiger partial charge on any atom is 0.272 e. The van der Waals surface area contributed by atoms with E-state index < -0.39 is 0 Å². The van der Waals surface area contributed by atoms with E-state index in [1.807, 2.05) is 25.4 Å². The number of aryl methyl sites for hydroxylation is 1. The highest BCUT2D eigenvalue weighted by Crippen LogP contribution is 2.07. The van der Waals surface area contributed by atoms with Crippen molar-refractivity contribution in [1.82, 2.24) is 19.4 Å². The van der Waals surface area contributed by atoms with Crippen LogP contribution < -0.4 is 5.32 Å². The highest BCUT2D eigenvalue weighted by molar-refractivity contribution is 5.92. The molecular formula is C15H21N5O. The standard InChI is InChI=1S/C15H21N5O/c1-11-12(2)20(10-17-11)9-8-16-14-7-5-6-13(18-14)15(21)19(3)4/h5-7,10H,8-9H2,1-4H3,(H,16,18). The average molecular weight is 287 g/mol. The number of nitrogens with one attached hydrogen (secondary N) is 1. The zero-order valence-corrected chi connectivity index (χ0v) is 12.9. The summed E-state index contributed by atoms with van der Waals surface area (Å²) in [7, 11) is 3.43. The largest absolute Gasteiger partial charge is 0.368 e. The molecular weight excluding hydrogens is 266 g/mol. The van der Waals surface area contributed by atoms with Gasteiger partial charge in [0.1, 0.15) is 11.5 Å². The molecule has 0 spiro atoms. The second kappa shape index (κ2) is 6.39. The zero-order valence-electron chi connectivity index (χ0n) is 12.9. The molecule has 0 saturated carbocycles. The van der Waals surface area contributed by atoms with Crippen molar-refractivity contribution in [1.29, 1.82) is 0 Å². The van der Waals surface area contributed by atoms with E-state index in [9.17, 15) is 4.79 Å². The predicted octanol–water partition coefficient (Wildman–Crippen LogP) is 1.71. The maximum atomic E-state index is 11.9. The van der Waals surface area contributed by atoms with E-state index in [4.69, 9.17) is 0 Å². The molecule has 0 unspecified atom stereocenters. The van der Waals surface area contributed by atoms with Gasteiger partial charge in [0.2, 0.25) is 0 Å². The van der Waals surface area contributed by atoms with E-state index >= 15 is 0 Å². The van der Waals surface area contributed by atoms with Gasteiger partial charge in [-0.15, -0.1) is 0 Å². The summed E-state index contributed by atoms with van der Waals surface area (Å²) in [6, 6.07) is 5.41. The molecule has 0 saturated heterocycles. The van der Waals surface area contributed by atoms with Crippen molar-refractivity contribution < 1.29 is 4.79 Å². The first-order valence-electron chi connectivity index (χ1n) is 6.90. The lowest BCUT2D eigenvalue weighted by atomic mass is 10.3. The molecule has 0 aliphatic heterocycles. The molecule has 2 rings (SSSR count). The first kappa shape index (κ1) is 15.0. The van der Waals surface area contributed by atoms with Crippen molar-refractivity contribution in [2.45, 2.75) is 20.4 Å². The van der Waals surface area contributed by atoms with Crippen molar-refractivity contribution in [2.75, 3.05) is 26.0 Å². The summed E-state index contributed by atoms with van der Waals surface area (Å²) in [5.41, 5.74) is 2.66. The molecule has 6 nitrogen and oxygen atoms in total. The summed E-state index contributed by atoms with van der Waals surface area (Å²) < 4.78 is 2.09. The van der Waals surface area contributed by atoms with Crippen molar-refractivity contribution in [3.8, 4) is 0 Å². The first-order valence-corrected chi connectivity index (χ1v) is 6.90. The molecule has 0 fully saturated rings. The molecule has 2 heterocycles. The Kier molecular flexibility index (Phi) is 4.57. The van der Waals surface area contributed by atoms with Crippen LogP contribution in [0.25, 0.3) is 0 Å². The number of carbonyl (C=O) groups is 1. The van der Waals surface area contributed by atoms with Crippen LogP contribution >= 0.6 is 0 Å². The molecule has 0 aliphatic rings. The number of imidazole rings is 1. The Morgan fingerprint density at radius 2 is 2.10 bits per heavy atom. The van der Waals surface area contributed by atoms with Gasteiger partial charge >= 0.3 is 0 Å². The summed E-state index contributed by atoms with van der Waals surface area (Å²) in [5, 5.41) is 3.23. The summed E-state index contributed by atoms with van der Waals surface area (Å²) in [6.07, 6.45) is 1.84. The molecule has 6 heteroatoms. The van der Waals surface area contributed by atoms with Gasteiger partial charge in [0.05, 0.1) is 12.0 Å². The maximum absolute atomic E-state index is 11.9. The normalized spacial score (nSPS) is 10.5. The highest BCUT2D eigenvalue weighted by atomic mass is 16.2. The fourth-order valence-corrected chi connectivity index (χ4v) is 1.96. The Hall–Kier alpha value is -2.37. The number of rotatable bonds is 5. The van der Waals surface area contributed by atoms with Crippen LogP contribution in [-0.4, -0.2) is 46.0 Å². The van der Waals surface area contributed by atoms with Crippen LogP contribution in [0.15, 0.2) is 24.5 Å². The third-order valence-corrected chi connectivity index (χ3v) is 3.38. The van der Waals surface area contributed by atoms with Gasteiger partial charge in [-0.25, -0.2) is 9.97 Å². The lowest BCUT2D eigenvalue weighted by Gasteiger charge is -2.11. The highest BCUT2D eigenvalue weighted by Gasteiger charge is 2.09. The number of carbonyl (C=O) groups excluding carboxylic acids is 1. The van der Waals surface area contributed by atoms with Crippen LogP contribution in [0.4, 0.5) is 5.82 Å². The van der Waals surface area contributed by atoms with Crippen LogP contribution in [0, 0.1) is 13.8 Å². The molecule has 21 heavy (non-hydrogen) atoms. The smallest absolute Gasteiger partial charge is 0.272 e. The molecule has 0 radical (unpaired) electrons. The topological polar surface area (TPSA) is 63.1 Å². The van der Waals surface area contributed by atoms with Gasteiger partial charge in [-0.1, -0.05) is 6.07 Å². The van der Waals surface area contributed by atoms with Gasteiger partial charge in [0.15, 0.2) is 0 Å². The number of anilines is 1. The van der Waals surface area contributed by atoms with Gasteiger partial charge in [0.25, 0.3) is 5.91 Å². The van der Waals surface area contributed by atoms with E-state index in [0.717, 1.165) is 18.8 Å². The monoisotopic (exact) mass is 287 g/mol. The molecule has 1 amide bonds. The van der Waals surface area contributed by atoms with Crippen LogP contribution in [-0.2, 0) is 6.54 Å². The quantitative estimate of drug-likeness (QED) is 0.909. The van der Waals surface area contributed by atoms with Crippen LogP contribution in [0.2, 0.25) is 0 Å². The second-order valence-electron chi connectivity index (χ2n) is 5.14. The average Bonchev–Trinajstić information content (AvgIpc) is 2.79. The number of amides is 1. The zero-order chi connectivity index (χ0) is 15.4. The first-order chi connectivity index (χ1) is 9.99. The van der Waals surface area contributed by atoms with E-state index in [0.29, 0.717) is 11.5 Å². The summed E-state index contributed by atoms with van der Waals surface area (Å²) in [5.74, 6) is 0.608. The van der Waals surface area contributed by atoms with E-state index in [1.165, 1.54) is 10.6 Å². The SMILES string of the molecule is Cc1ncn(CCNc2cccc(C(=O)N(C)C)n2)c1C. The van der Waals surface area contributed by atoms with Crippen LogP contribution in [0.3, 0.4) is 0 Å². The van der Waals surface area contributed by atoms with Gasteiger partial charge in [-0.3, -0.25) is 4.79 Å². The fourth-order valence-electron chi connectivity index (χ4n) is 1.96. The number of hydrogen-bond acceptors (Lipinski definition) is 4. The second-order valence-corrected chi connectivity index (χ2v) is 5.14. The van der Waals surface area contributed by atoms with E-state index in [1.54, 1.807) is 20.2 Å². The minimum absolute atomic E-state index is 0.0975. The van der Waals surface area contributed by atoms with Crippen molar-refractivity contribution in [3.05, 3.63) is 41.6 Å². The van der Waals surface area contributed by atoms with Crippen molar-refractivity contribution in [2.24, 2.45) is 0 Å². The van der Waals surface area contributed by atoms with Crippen molar-refractivity contribution in [3.63, 3.8) is 0 Å². The Morgan fingerprint density at radius 3 is 2.71 bits per heavy atom. The van der Waals surface area contributed by atoms with Gasteiger partial charge in [0, 0.05) is 32.9 Å². The minimum atomic E-state index is -0.0975. The number of nitrogens with zero attached hydrogens (tertiary/aromatic N) is 4. The fraction of sp³-hybridized carbons (Fsp3) is 0.400. The summed E-state index contributed by atoms with van der Waals surface area (Å²) >= 11 is 0. The molecule has 0 atom stereocenters. The Labute approximate surface area is 124 Å². The Balaban J connectivity index is 1.96. The lowest BCUT2D eigenvalue weighted by molar-refractivity contribution is 0.0822. The van der Waals surface area contributed by atoms with Gasteiger partial charge < -0.3 is 14.8 Å². The Bertz CT molecular complexity index is 633. The molecule has 2 aromatic heterocycles. The van der Waals surface area contributed by atoms with Gasteiger partial charge in [-0.2, -0.15) is 0 Å². The van der Waals surface area contributed by atoms with E-state index in [-0.39, 0.29) is 5.91 Å². The van der Waals surface area contributed by atoms with Crippen molar-refractivity contribution >= 4 is 11.7 Å². The third-order valence-electron chi connectivity index (χ3n) is 3.38. The molecule has 1 N–H and O–H groups in total. The molecule has 0 aromatic carbocycles. The van der Waals surface area contributed by atoms with Crippen LogP contribution in [0.5, 0.6) is 0 Å². The molecule has 0 aliphatic carbocycles. The van der Waals surface area contributed by atoms with E-state index in [2.05, 4.69) is 26.8 Å².